The second-order valence-electron chi connectivity index (χ2n) is 12.4. The lowest BCUT2D eigenvalue weighted by Gasteiger charge is -2.51. The van der Waals surface area contributed by atoms with Gasteiger partial charge in [0, 0.05) is 25.2 Å². The number of aliphatic imine (C=N–C) groups is 1. The van der Waals surface area contributed by atoms with Crippen molar-refractivity contribution in [2.75, 3.05) is 19.6 Å². The van der Waals surface area contributed by atoms with Gasteiger partial charge in [-0.15, -0.1) is 0 Å². The summed E-state index contributed by atoms with van der Waals surface area (Å²) in [5.41, 5.74) is 7.22. The Hall–Kier alpha value is -1.72. The minimum absolute atomic E-state index is 0.127. The van der Waals surface area contributed by atoms with E-state index in [1.807, 2.05) is 0 Å². The number of halogens is 2. The molecule has 1 aromatic carbocycles. The van der Waals surface area contributed by atoms with Crippen LogP contribution in [0, 0.1) is 46.2 Å². The summed E-state index contributed by atoms with van der Waals surface area (Å²) in [4.78, 5) is 7.55. The molecule has 1 aromatic rings. The molecule has 0 radical (unpaired) electrons. The van der Waals surface area contributed by atoms with Gasteiger partial charge >= 0.3 is 0 Å². The molecule has 5 atom stereocenters. The standard InChI is InChI=1S/C29H40ClFN4/c1-18-7-20-8-19(2)13-29(12-18,14-20)17-35-15-21-9-24(10-22(21)16-35)34-28(33)6-5-27(32)25-11-23(31)3-4-26(25)30/h3-6,11,18-22,24,32H,7-10,12-17H2,1-2H3,(H2,33,34)/b6-5-,32-27?/t18?,19?,20?,21-,22+,24?,29?. The average Bonchev–Trinajstić information content (AvgIpc) is 3.29. The maximum Gasteiger partial charge on any atom is 0.123 e. The highest BCUT2D eigenvalue weighted by molar-refractivity contribution is 6.34. The number of nitrogens with zero attached hydrogens (tertiary/aromatic N) is 2. The Morgan fingerprint density at radius 1 is 1.11 bits per heavy atom. The molecule has 4 fully saturated rings. The van der Waals surface area contributed by atoms with Crippen molar-refractivity contribution in [2.45, 2.75) is 64.8 Å². The number of rotatable bonds is 6. The van der Waals surface area contributed by atoms with Gasteiger partial charge in [0.25, 0.3) is 0 Å². The van der Waals surface area contributed by atoms with E-state index < -0.39 is 5.82 Å². The third-order valence-corrected chi connectivity index (χ3v) is 9.42. The van der Waals surface area contributed by atoms with Crippen LogP contribution in [-0.2, 0) is 0 Å². The average molecular weight is 499 g/mol. The number of allylic oxidation sites excluding steroid dienone is 1. The van der Waals surface area contributed by atoms with Crippen LogP contribution < -0.4 is 5.73 Å². The van der Waals surface area contributed by atoms with Crippen LogP contribution in [0.1, 0.15) is 64.4 Å². The van der Waals surface area contributed by atoms with Crippen molar-refractivity contribution in [3.8, 4) is 0 Å². The highest BCUT2D eigenvalue weighted by atomic mass is 35.5. The molecule has 6 heteroatoms. The summed E-state index contributed by atoms with van der Waals surface area (Å²) in [5.74, 6) is 4.19. The summed E-state index contributed by atoms with van der Waals surface area (Å²) >= 11 is 6.11. The van der Waals surface area contributed by atoms with Crippen LogP contribution in [0.15, 0.2) is 35.3 Å². The first-order chi connectivity index (χ1) is 16.7. The van der Waals surface area contributed by atoms with Crippen molar-refractivity contribution in [2.24, 2.45) is 45.7 Å². The summed E-state index contributed by atoms with van der Waals surface area (Å²) in [5, 5.41) is 8.55. The Bertz CT molecular complexity index is 986. The number of benzene rings is 1. The molecule has 4 nitrogen and oxygen atoms in total. The maximum atomic E-state index is 13.5. The Morgan fingerprint density at radius 2 is 1.77 bits per heavy atom. The smallest absolute Gasteiger partial charge is 0.123 e. The fourth-order valence-electron chi connectivity index (χ4n) is 8.39. The van der Waals surface area contributed by atoms with Crippen molar-refractivity contribution in [1.29, 1.82) is 5.41 Å². The van der Waals surface area contributed by atoms with Gasteiger partial charge in [0.2, 0.25) is 0 Å². The molecule has 3 N–H and O–H groups in total. The normalized spacial score (nSPS) is 37.7. The topological polar surface area (TPSA) is 65.5 Å². The van der Waals surface area contributed by atoms with Crippen LogP contribution in [-0.4, -0.2) is 42.1 Å². The van der Waals surface area contributed by atoms with Gasteiger partial charge in [0.05, 0.1) is 16.8 Å². The number of hydrogen-bond acceptors (Lipinski definition) is 3. The maximum absolute atomic E-state index is 13.5. The SMILES string of the molecule is CC1CC2CC(C)CC(CN3C[C@H]4CC(N=C(N)/C=C\C(=N)c5cc(F)ccc5Cl)C[C@H]4C3)(C1)C2. The van der Waals surface area contributed by atoms with Crippen LogP contribution in [0.3, 0.4) is 0 Å². The summed E-state index contributed by atoms with van der Waals surface area (Å²) in [6.07, 6.45) is 12.6. The molecule has 1 heterocycles. The first kappa shape index (κ1) is 25.0. The van der Waals surface area contributed by atoms with E-state index in [1.54, 1.807) is 12.2 Å². The van der Waals surface area contributed by atoms with Gasteiger partial charge < -0.3 is 16.0 Å². The van der Waals surface area contributed by atoms with E-state index in [1.165, 1.54) is 69.9 Å². The van der Waals surface area contributed by atoms with Gasteiger partial charge in [-0.25, -0.2) is 4.39 Å². The van der Waals surface area contributed by atoms with Crippen molar-refractivity contribution >= 4 is 23.1 Å². The first-order valence-corrected chi connectivity index (χ1v) is 13.8. The fourth-order valence-corrected chi connectivity index (χ4v) is 8.61. The molecule has 0 aromatic heterocycles. The van der Waals surface area contributed by atoms with E-state index in [4.69, 9.17) is 27.7 Å². The molecule has 4 aliphatic rings. The van der Waals surface area contributed by atoms with Crippen molar-refractivity contribution in [3.05, 3.63) is 46.8 Å². The van der Waals surface area contributed by atoms with Crippen LogP contribution in [0.25, 0.3) is 0 Å². The Kier molecular flexibility index (Phi) is 7.11. The van der Waals surface area contributed by atoms with Gasteiger partial charge in [-0.05, 0) is 110 Å². The van der Waals surface area contributed by atoms with Crippen LogP contribution in [0.4, 0.5) is 4.39 Å². The van der Waals surface area contributed by atoms with Gasteiger partial charge in [0.1, 0.15) is 11.7 Å². The minimum atomic E-state index is -0.411. The van der Waals surface area contributed by atoms with E-state index in [0.29, 0.717) is 21.8 Å². The van der Waals surface area contributed by atoms with Gasteiger partial charge in [-0.3, -0.25) is 4.99 Å². The zero-order valence-corrected chi connectivity index (χ0v) is 21.9. The predicted octanol–water partition coefficient (Wildman–Crippen LogP) is 6.32. The molecule has 3 aliphatic carbocycles. The second kappa shape index (κ2) is 9.97. The summed E-state index contributed by atoms with van der Waals surface area (Å²) in [6.45, 7) is 8.68. The van der Waals surface area contributed by atoms with E-state index in [0.717, 1.165) is 42.4 Å². The quantitative estimate of drug-likeness (QED) is 0.356. The Labute approximate surface area is 214 Å². The number of likely N-dealkylation sites (tertiary alicyclic amines) is 1. The molecule has 3 unspecified atom stereocenters. The zero-order valence-electron chi connectivity index (χ0n) is 21.1. The molecular formula is C29H40ClFN4. The van der Waals surface area contributed by atoms with Crippen molar-refractivity contribution in [1.82, 2.24) is 4.90 Å². The number of nitrogens with one attached hydrogen (secondary N) is 1. The third kappa shape index (κ3) is 5.67. The summed E-state index contributed by atoms with van der Waals surface area (Å²) < 4.78 is 13.5. The lowest BCUT2D eigenvalue weighted by Crippen LogP contribution is -2.46. The van der Waals surface area contributed by atoms with E-state index in [2.05, 4.69) is 18.7 Å². The van der Waals surface area contributed by atoms with E-state index in [-0.39, 0.29) is 11.8 Å². The molecule has 3 saturated carbocycles. The Morgan fingerprint density at radius 3 is 2.43 bits per heavy atom. The first-order valence-electron chi connectivity index (χ1n) is 13.5. The van der Waals surface area contributed by atoms with Crippen molar-refractivity contribution < 1.29 is 4.39 Å². The zero-order chi connectivity index (χ0) is 24.7. The monoisotopic (exact) mass is 498 g/mol. The molecule has 0 amide bonds. The summed E-state index contributed by atoms with van der Waals surface area (Å²) in [6, 6.07) is 4.29. The molecule has 0 spiro atoms. The Balaban J connectivity index is 1.15. The van der Waals surface area contributed by atoms with Crippen molar-refractivity contribution in [3.63, 3.8) is 0 Å². The fraction of sp³-hybridized carbons (Fsp3) is 0.655. The van der Waals surface area contributed by atoms with Crippen LogP contribution in [0.5, 0.6) is 0 Å². The minimum Gasteiger partial charge on any atom is -0.384 e. The molecule has 5 rings (SSSR count). The van der Waals surface area contributed by atoms with Gasteiger partial charge in [-0.1, -0.05) is 25.4 Å². The highest BCUT2D eigenvalue weighted by Gasteiger charge is 2.48. The third-order valence-electron chi connectivity index (χ3n) is 9.09. The van der Waals surface area contributed by atoms with E-state index >= 15 is 0 Å². The number of nitrogens with two attached hydrogens (primary N) is 1. The van der Waals surface area contributed by atoms with Crippen LogP contribution in [0.2, 0.25) is 5.02 Å². The van der Waals surface area contributed by atoms with E-state index in [9.17, 15) is 4.39 Å². The molecule has 190 valence electrons. The number of hydrogen-bond donors (Lipinski definition) is 2. The summed E-state index contributed by atoms with van der Waals surface area (Å²) in [7, 11) is 0. The highest BCUT2D eigenvalue weighted by Crippen LogP contribution is 2.54. The molecule has 1 saturated heterocycles. The van der Waals surface area contributed by atoms with Crippen LogP contribution >= 0.6 is 11.6 Å². The molecule has 35 heavy (non-hydrogen) atoms. The largest absolute Gasteiger partial charge is 0.384 e. The number of fused-ring (bicyclic) bond motifs is 3. The molecular weight excluding hydrogens is 459 g/mol. The molecule has 2 bridgehead atoms. The van der Waals surface area contributed by atoms with Gasteiger partial charge in [-0.2, -0.15) is 0 Å². The second-order valence-corrected chi connectivity index (χ2v) is 12.8. The lowest BCUT2D eigenvalue weighted by molar-refractivity contribution is -0.00650. The lowest BCUT2D eigenvalue weighted by atomic mass is 9.56. The molecule has 1 aliphatic heterocycles. The predicted molar refractivity (Wildman–Crippen MR) is 143 cm³/mol. The number of amidine groups is 1. The van der Waals surface area contributed by atoms with Gasteiger partial charge in [0.15, 0.2) is 0 Å².